The van der Waals surface area contributed by atoms with Crippen LogP contribution in [0.15, 0.2) is 42.5 Å². The Bertz CT molecular complexity index is 997. The maximum atomic E-state index is 6.56. The lowest BCUT2D eigenvalue weighted by molar-refractivity contribution is -0.0611. The molecule has 0 fully saturated rings. The average Bonchev–Trinajstić information content (AvgIpc) is 3.08. The molecule has 146 valence electrons. The van der Waals surface area contributed by atoms with Gasteiger partial charge < -0.3 is 4.74 Å². The lowest BCUT2D eigenvalue weighted by atomic mass is 9.85. The third-order valence-electron chi connectivity index (χ3n) is 5.35. The van der Waals surface area contributed by atoms with Crippen molar-refractivity contribution >= 4 is 0 Å². The zero-order chi connectivity index (χ0) is 19.9. The van der Waals surface area contributed by atoms with Gasteiger partial charge in [-0.15, -0.1) is 5.10 Å². The van der Waals surface area contributed by atoms with E-state index in [0.717, 1.165) is 36.3 Å². The minimum absolute atomic E-state index is 0.0259. The average molecular weight is 376 g/mol. The molecule has 0 N–H and O–H groups in total. The van der Waals surface area contributed by atoms with Gasteiger partial charge in [0.1, 0.15) is 5.69 Å². The quantitative estimate of drug-likeness (QED) is 0.597. The number of aryl methyl sites for hydroxylation is 2. The van der Waals surface area contributed by atoms with Crippen molar-refractivity contribution in [2.24, 2.45) is 0 Å². The molecule has 0 spiro atoms. The van der Waals surface area contributed by atoms with Crippen molar-refractivity contribution in [2.45, 2.75) is 65.7 Å². The zero-order valence-corrected chi connectivity index (χ0v) is 17.5. The summed E-state index contributed by atoms with van der Waals surface area (Å²) >= 11 is 0. The van der Waals surface area contributed by atoms with Gasteiger partial charge in [-0.1, -0.05) is 54.6 Å². The first-order valence-corrected chi connectivity index (χ1v) is 10.2. The lowest BCUT2D eigenvalue weighted by Crippen LogP contribution is -2.25. The third kappa shape index (κ3) is 3.26. The molecule has 28 heavy (non-hydrogen) atoms. The van der Waals surface area contributed by atoms with Gasteiger partial charge >= 0.3 is 0 Å². The molecule has 4 nitrogen and oxygen atoms in total. The normalized spacial score (nSPS) is 16.0. The molecule has 0 amide bonds. The predicted octanol–water partition coefficient (Wildman–Crippen LogP) is 5.61. The second kappa shape index (κ2) is 7.17. The monoisotopic (exact) mass is 375 g/mol. The minimum Gasteiger partial charge on any atom is -0.368 e. The van der Waals surface area contributed by atoms with Gasteiger partial charge in [0, 0.05) is 24.1 Å². The van der Waals surface area contributed by atoms with E-state index >= 15 is 0 Å². The molecule has 1 aliphatic rings. The van der Waals surface area contributed by atoms with Crippen molar-refractivity contribution in [3.63, 3.8) is 0 Å². The molecule has 2 aromatic carbocycles. The van der Waals surface area contributed by atoms with Crippen molar-refractivity contribution in [3.8, 4) is 22.5 Å². The summed E-state index contributed by atoms with van der Waals surface area (Å²) in [5.41, 5.74) is 8.11. The highest BCUT2D eigenvalue weighted by Crippen LogP contribution is 2.43. The molecule has 4 heteroatoms. The van der Waals surface area contributed by atoms with E-state index in [-0.39, 0.29) is 11.7 Å². The first kappa shape index (κ1) is 18.9. The number of fused-ring (bicyclic) bond motifs is 5. The van der Waals surface area contributed by atoms with Crippen LogP contribution in [0.4, 0.5) is 0 Å². The van der Waals surface area contributed by atoms with Crippen LogP contribution in [0.1, 0.15) is 57.4 Å². The van der Waals surface area contributed by atoms with Crippen LogP contribution in [0.25, 0.3) is 22.5 Å². The highest BCUT2D eigenvalue weighted by molar-refractivity contribution is 5.84. The van der Waals surface area contributed by atoms with E-state index in [0.29, 0.717) is 0 Å². The SMILES string of the molecule is CCc1cccc2c1-c1c(nnn1CC)-c1ccccc1C(OC(C)(C)C)C2. The molecular weight excluding hydrogens is 346 g/mol. The van der Waals surface area contributed by atoms with E-state index in [2.05, 4.69) is 87.4 Å². The Morgan fingerprint density at radius 3 is 2.57 bits per heavy atom. The van der Waals surface area contributed by atoms with Gasteiger partial charge in [0.15, 0.2) is 0 Å². The number of hydrogen-bond donors (Lipinski definition) is 0. The van der Waals surface area contributed by atoms with E-state index in [1.165, 1.54) is 22.3 Å². The molecule has 4 rings (SSSR count). The third-order valence-corrected chi connectivity index (χ3v) is 5.35. The standard InChI is InChI=1S/C24H29N3O/c1-6-16-11-10-12-17-15-20(28-24(3,4)5)18-13-8-9-14-19(18)22-23(21(16)17)27(7-2)26-25-22/h8-14,20H,6-7,15H2,1-5H3. The second-order valence-electron chi connectivity index (χ2n) is 8.42. The van der Waals surface area contributed by atoms with Crippen LogP contribution in [-0.2, 0) is 24.1 Å². The first-order valence-electron chi connectivity index (χ1n) is 10.2. The van der Waals surface area contributed by atoms with Gasteiger partial charge in [0.25, 0.3) is 0 Å². The highest BCUT2D eigenvalue weighted by Gasteiger charge is 2.31. The van der Waals surface area contributed by atoms with Gasteiger partial charge in [-0.25, -0.2) is 4.68 Å². The predicted molar refractivity (Wildman–Crippen MR) is 113 cm³/mol. The maximum absolute atomic E-state index is 6.56. The molecule has 1 atom stereocenters. The van der Waals surface area contributed by atoms with Gasteiger partial charge in [-0.2, -0.15) is 0 Å². The molecule has 1 aliphatic carbocycles. The Morgan fingerprint density at radius 2 is 1.86 bits per heavy atom. The number of aromatic nitrogens is 3. The summed E-state index contributed by atoms with van der Waals surface area (Å²) in [5.74, 6) is 0. The Hall–Kier alpha value is -2.46. The molecule has 0 bridgehead atoms. The number of rotatable bonds is 3. The Morgan fingerprint density at radius 1 is 1.07 bits per heavy atom. The zero-order valence-electron chi connectivity index (χ0n) is 17.5. The summed E-state index contributed by atoms with van der Waals surface area (Å²) in [4.78, 5) is 0. The van der Waals surface area contributed by atoms with Crippen molar-refractivity contribution in [1.82, 2.24) is 15.0 Å². The molecule has 3 aromatic rings. The van der Waals surface area contributed by atoms with E-state index in [4.69, 9.17) is 4.74 Å². The summed E-state index contributed by atoms with van der Waals surface area (Å²) in [6, 6.07) is 15.1. The fraction of sp³-hybridized carbons (Fsp3) is 0.417. The van der Waals surface area contributed by atoms with Crippen LogP contribution >= 0.6 is 0 Å². The molecule has 1 heterocycles. The second-order valence-corrected chi connectivity index (χ2v) is 8.42. The molecule has 1 unspecified atom stereocenters. The fourth-order valence-corrected chi connectivity index (χ4v) is 4.22. The largest absolute Gasteiger partial charge is 0.368 e. The van der Waals surface area contributed by atoms with Crippen molar-refractivity contribution in [2.75, 3.05) is 0 Å². The number of hydrogen-bond acceptors (Lipinski definition) is 3. The van der Waals surface area contributed by atoms with Gasteiger partial charge in [-0.05, 0) is 50.8 Å². The van der Waals surface area contributed by atoms with E-state index in [1.807, 2.05) is 4.68 Å². The molecule has 0 radical (unpaired) electrons. The summed E-state index contributed by atoms with van der Waals surface area (Å²) in [6.07, 6.45) is 1.79. The molecule has 1 aromatic heterocycles. The van der Waals surface area contributed by atoms with Gasteiger partial charge in [0.05, 0.1) is 17.4 Å². The van der Waals surface area contributed by atoms with Crippen molar-refractivity contribution in [3.05, 3.63) is 59.2 Å². The Kier molecular flexibility index (Phi) is 4.84. The molecular formula is C24H29N3O. The van der Waals surface area contributed by atoms with Crippen LogP contribution < -0.4 is 0 Å². The summed E-state index contributed by atoms with van der Waals surface area (Å²) in [7, 11) is 0. The van der Waals surface area contributed by atoms with Crippen LogP contribution in [0.5, 0.6) is 0 Å². The van der Waals surface area contributed by atoms with Crippen LogP contribution in [0, 0.1) is 0 Å². The van der Waals surface area contributed by atoms with E-state index in [1.54, 1.807) is 0 Å². The van der Waals surface area contributed by atoms with E-state index in [9.17, 15) is 0 Å². The Balaban J connectivity index is 2.05. The van der Waals surface area contributed by atoms with Crippen LogP contribution in [0.3, 0.4) is 0 Å². The number of nitrogens with zero attached hydrogens (tertiary/aromatic N) is 3. The minimum atomic E-state index is -0.233. The fourth-order valence-electron chi connectivity index (χ4n) is 4.22. The number of benzene rings is 2. The van der Waals surface area contributed by atoms with Crippen molar-refractivity contribution in [1.29, 1.82) is 0 Å². The van der Waals surface area contributed by atoms with Gasteiger partial charge in [-0.3, -0.25) is 0 Å². The smallest absolute Gasteiger partial charge is 0.121 e. The van der Waals surface area contributed by atoms with Crippen LogP contribution in [-0.4, -0.2) is 20.6 Å². The molecule has 0 saturated heterocycles. The summed E-state index contributed by atoms with van der Waals surface area (Å²) in [6.45, 7) is 11.5. The van der Waals surface area contributed by atoms with E-state index < -0.39 is 0 Å². The van der Waals surface area contributed by atoms with Crippen LogP contribution in [0.2, 0.25) is 0 Å². The maximum Gasteiger partial charge on any atom is 0.121 e. The summed E-state index contributed by atoms with van der Waals surface area (Å²) in [5, 5.41) is 9.13. The van der Waals surface area contributed by atoms with Crippen molar-refractivity contribution < 1.29 is 4.74 Å². The Labute approximate surface area is 167 Å². The first-order chi connectivity index (χ1) is 13.4. The molecule has 0 aliphatic heterocycles. The lowest BCUT2D eigenvalue weighted by Gasteiger charge is -2.31. The highest BCUT2D eigenvalue weighted by atomic mass is 16.5. The number of ether oxygens (including phenoxy) is 1. The summed E-state index contributed by atoms with van der Waals surface area (Å²) < 4.78 is 8.60. The topological polar surface area (TPSA) is 39.9 Å². The molecule has 0 saturated carbocycles. The van der Waals surface area contributed by atoms with Gasteiger partial charge in [0.2, 0.25) is 0 Å².